The smallest absolute Gasteiger partial charge is 0.336 e. The molecule has 2 rings (SSSR count). The van der Waals surface area contributed by atoms with Crippen molar-refractivity contribution in [3.63, 3.8) is 0 Å². The molecule has 0 radical (unpaired) electrons. The van der Waals surface area contributed by atoms with Gasteiger partial charge in [-0.2, -0.15) is 0 Å². The third-order valence-corrected chi connectivity index (χ3v) is 4.34. The van der Waals surface area contributed by atoms with E-state index in [4.69, 9.17) is 0 Å². The number of Topliss-reactive ketones (excluding diaryl/α,β-unsaturated/α-hetero) is 1. The Morgan fingerprint density at radius 1 is 1.04 bits per heavy atom. The fourth-order valence-electron chi connectivity index (χ4n) is 2.77. The van der Waals surface area contributed by atoms with Gasteiger partial charge in [-0.25, -0.2) is 4.79 Å². The summed E-state index contributed by atoms with van der Waals surface area (Å²) in [5.74, 6) is -2.27. The molecule has 0 aliphatic carbocycles. The van der Waals surface area contributed by atoms with E-state index in [9.17, 15) is 19.8 Å². The molecule has 0 fully saturated rings. The van der Waals surface area contributed by atoms with E-state index in [0.717, 1.165) is 11.1 Å². The SMILES string of the molecule is Cc1cc(C(=O)O)c(C(=O)C(CO)c2ccccc2)c(C)c1C. The number of aliphatic hydroxyl groups is 1. The third-order valence-electron chi connectivity index (χ3n) is 4.34. The van der Waals surface area contributed by atoms with Crippen molar-refractivity contribution >= 4 is 11.8 Å². The van der Waals surface area contributed by atoms with Crippen molar-refractivity contribution in [3.05, 3.63) is 69.8 Å². The third kappa shape index (κ3) is 3.17. The Balaban J connectivity index is 2.62. The number of aryl methyl sites for hydroxylation is 1. The Morgan fingerprint density at radius 3 is 2.17 bits per heavy atom. The summed E-state index contributed by atoms with van der Waals surface area (Å²) in [4.78, 5) is 24.5. The zero-order chi connectivity index (χ0) is 17.1. The molecule has 0 saturated carbocycles. The van der Waals surface area contributed by atoms with Crippen LogP contribution in [0.5, 0.6) is 0 Å². The van der Waals surface area contributed by atoms with Gasteiger partial charge in [0.05, 0.1) is 18.1 Å². The molecule has 1 unspecified atom stereocenters. The molecular weight excluding hydrogens is 292 g/mol. The van der Waals surface area contributed by atoms with E-state index in [-0.39, 0.29) is 23.5 Å². The van der Waals surface area contributed by atoms with Crippen LogP contribution in [0.25, 0.3) is 0 Å². The van der Waals surface area contributed by atoms with Crippen LogP contribution in [0.2, 0.25) is 0 Å². The number of carboxylic acid groups (broad SMARTS) is 1. The molecule has 2 N–H and O–H groups in total. The second-order valence-electron chi connectivity index (χ2n) is 5.68. The van der Waals surface area contributed by atoms with Crippen LogP contribution in [0.1, 0.15) is 48.9 Å². The highest BCUT2D eigenvalue weighted by Gasteiger charge is 2.28. The molecule has 0 aromatic heterocycles. The molecule has 23 heavy (non-hydrogen) atoms. The van der Waals surface area contributed by atoms with Gasteiger partial charge in [-0.05, 0) is 49.1 Å². The summed E-state index contributed by atoms with van der Waals surface area (Å²) in [7, 11) is 0. The normalized spacial score (nSPS) is 12.0. The largest absolute Gasteiger partial charge is 0.478 e. The lowest BCUT2D eigenvalue weighted by Gasteiger charge is -2.19. The van der Waals surface area contributed by atoms with E-state index in [0.29, 0.717) is 11.1 Å². The predicted octanol–water partition coefficient (Wildman–Crippen LogP) is 3.27. The summed E-state index contributed by atoms with van der Waals surface area (Å²) >= 11 is 0. The van der Waals surface area contributed by atoms with Crippen LogP contribution in [0.3, 0.4) is 0 Å². The highest BCUT2D eigenvalue weighted by Crippen LogP contribution is 2.28. The van der Waals surface area contributed by atoms with Crippen LogP contribution in [-0.2, 0) is 0 Å². The van der Waals surface area contributed by atoms with Crippen molar-refractivity contribution in [3.8, 4) is 0 Å². The average molecular weight is 312 g/mol. The molecule has 0 heterocycles. The average Bonchev–Trinajstić information content (AvgIpc) is 2.53. The minimum absolute atomic E-state index is 0.00928. The van der Waals surface area contributed by atoms with Gasteiger partial charge in [0, 0.05) is 5.56 Å². The summed E-state index contributed by atoms with van der Waals surface area (Å²) in [6, 6.07) is 10.4. The maximum absolute atomic E-state index is 13.0. The first-order valence-electron chi connectivity index (χ1n) is 7.42. The van der Waals surface area contributed by atoms with Crippen molar-refractivity contribution in [2.75, 3.05) is 6.61 Å². The fourth-order valence-corrected chi connectivity index (χ4v) is 2.77. The summed E-state index contributed by atoms with van der Waals surface area (Å²) in [5.41, 5.74) is 3.23. The van der Waals surface area contributed by atoms with Gasteiger partial charge in [0.15, 0.2) is 5.78 Å². The van der Waals surface area contributed by atoms with Gasteiger partial charge in [0.25, 0.3) is 0 Å². The minimum atomic E-state index is -1.13. The van der Waals surface area contributed by atoms with Crippen molar-refractivity contribution in [1.29, 1.82) is 0 Å². The molecule has 0 bridgehead atoms. The monoisotopic (exact) mass is 312 g/mol. The van der Waals surface area contributed by atoms with Gasteiger partial charge in [-0.1, -0.05) is 30.3 Å². The van der Waals surface area contributed by atoms with Crippen LogP contribution in [-0.4, -0.2) is 28.6 Å². The number of rotatable bonds is 5. The first-order chi connectivity index (χ1) is 10.9. The Bertz CT molecular complexity index is 748. The fraction of sp³-hybridized carbons (Fsp3) is 0.263. The molecule has 2 aromatic rings. The Kier molecular flexibility index (Phi) is 4.96. The molecule has 0 aliphatic heterocycles. The number of benzene rings is 2. The lowest BCUT2D eigenvalue weighted by atomic mass is 9.84. The quantitative estimate of drug-likeness (QED) is 0.831. The minimum Gasteiger partial charge on any atom is -0.478 e. The Morgan fingerprint density at radius 2 is 1.65 bits per heavy atom. The lowest BCUT2D eigenvalue weighted by molar-refractivity contribution is 0.0689. The van der Waals surface area contributed by atoms with Crippen molar-refractivity contribution < 1.29 is 19.8 Å². The van der Waals surface area contributed by atoms with Gasteiger partial charge < -0.3 is 10.2 Å². The van der Waals surface area contributed by atoms with Crippen molar-refractivity contribution in [1.82, 2.24) is 0 Å². The van der Waals surface area contributed by atoms with Gasteiger partial charge in [-0.15, -0.1) is 0 Å². The molecule has 1 atom stereocenters. The van der Waals surface area contributed by atoms with Gasteiger partial charge in [0.1, 0.15) is 0 Å². The van der Waals surface area contributed by atoms with Crippen molar-refractivity contribution in [2.45, 2.75) is 26.7 Å². The lowest BCUT2D eigenvalue weighted by Crippen LogP contribution is -2.21. The number of aromatic carboxylic acids is 1. The standard InChI is InChI=1S/C19H20O4/c1-11-9-15(19(22)23)17(13(3)12(11)2)18(21)16(10-20)14-7-5-4-6-8-14/h4-9,16,20H,10H2,1-3H3,(H,22,23). The van der Waals surface area contributed by atoms with E-state index in [1.54, 1.807) is 31.2 Å². The zero-order valence-corrected chi connectivity index (χ0v) is 13.5. The topological polar surface area (TPSA) is 74.6 Å². The summed E-state index contributed by atoms with van der Waals surface area (Å²) in [5, 5.41) is 19.2. The summed E-state index contributed by atoms with van der Waals surface area (Å²) in [6.45, 7) is 5.07. The number of aliphatic hydroxyl groups excluding tert-OH is 1. The Labute approximate surface area is 135 Å². The molecule has 4 nitrogen and oxygen atoms in total. The molecule has 2 aromatic carbocycles. The van der Waals surface area contributed by atoms with Crippen LogP contribution >= 0.6 is 0 Å². The van der Waals surface area contributed by atoms with E-state index in [1.807, 2.05) is 19.9 Å². The molecule has 0 aliphatic rings. The molecule has 0 spiro atoms. The van der Waals surface area contributed by atoms with E-state index in [2.05, 4.69) is 0 Å². The molecular formula is C19H20O4. The number of hydrogen-bond donors (Lipinski definition) is 2. The summed E-state index contributed by atoms with van der Waals surface area (Å²) < 4.78 is 0. The zero-order valence-electron chi connectivity index (χ0n) is 13.5. The van der Waals surface area contributed by atoms with Crippen LogP contribution in [0, 0.1) is 20.8 Å². The second kappa shape index (κ2) is 6.75. The van der Waals surface area contributed by atoms with E-state index >= 15 is 0 Å². The second-order valence-corrected chi connectivity index (χ2v) is 5.68. The number of carbonyl (C=O) groups excluding carboxylic acids is 1. The predicted molar refractivity (Wildman–Crippen MR) is 88.2 cm³/mol. The molecule has 120 valence electrons. The first kappa shape index (κ1) is 16.9. The van der Waals surface area contributed by atoms with E-state index in [1.165, 1.54) is 6.07 Å². The Hall–Kier alpha value is -2.46. The highest BCUT2D eigenvalue weighted by atomic mass is 16.4. The van der Waals surface area contributed by atoms with Crippen LogP contribution < -0.4 is 0 Å². The number of carbonyl (C=O) groups is 2. The summed E-state index contributed by atoms with van der Waals surface area (Å²) in [6.07, 6.45) is 0. The van der Waals surface area contributed by atoms with Crippen LogP contribution in [0.4, 0.5) is 0 Å². The first-order valence-corrected chi connectivity index (χ1v) is 7.42. The van der Waals surface area contributed by atoms with E-state index < -0.39 is 11.9 Å². The molecule has 0 amide bonds. The van der Waals surface area contributed by atoms with Gasteiger partial charge in [-0.3, -0.25) is 4.79 Å². The number of carboxylic acids is 1. The van der Waals surface area contributed by atoms with Gasteiger partial charge >= 0.3 is 5.97 Å². The van der Waals surface area contributed by atoms with Gasteiger partial charge in [0.2, 0.25) is 0 Å². The number of hydrogen-bond acceptors (Lipinski definition) is 3. The van der Waals surface area contributed by atoms with Crippen molar-refractivity contribution in [2.24, 2.45) is 0 Å². The van der Waals surface area contributed by atoms with Crippen LogP contribution in [0.15, 0.2) is 36.4 Å². The maximum Gasteiger partial charge on any atom is 0.336 e. The highest BCUT2D eigenvalue weighted by molar-refractivity contribution is 6.10. The maximum atomic E-state index is 13.0. The molecule has 4 heteroatoms. The number of ketones is 1. The molecule has 0 saturated heterocycles.